The summed E-state index contributed by atoms with van der Waals surface area (Å²) in [6.07, 6.45) is 5.56. The van der Waals surface area contributed by atoms with Crippen molar-refractivity contribution in [2.75, 3.05) is 5.32 Å². The van der Waals surface area contributed by atoms with E-state index in [1.165, 1.54) is 11.1 Å². The number of anilines is 1. The van der Waals surface area contributed by atoms with E-state index in [9.17, 15) is 0 Å². The molecule has 0 unspecified atom stereocenters. The Bertz CT molecular complexity index is 700. The van der Waals surface area contributed by atoms with Gasteiger partial charge in [-0.1, -0.05) is 43.3 Å². The number of nitrogens with zero attached hydrogens (tertiary/aromatic N) is 4. The summed E-state index contributed by atoms with van der Waals surface area (Å²) in [5.41, 5.74) is 2.40. The molecule has 0 aliphatic heterocycles. The summed E-state index contributed by atoms with van der Waals surface area (Å²) >= 11 is 0. The van der Waals surface area contributed by atoms with Crippen LogP contribution in [-0.4, -0.2) is 19.7 Å². The molecule has 0 aliphatic rings. The maximum Gasteiger partial charge on any atom is 0.321 e. The van der Waals surface area contributed by atoms with Crippen molar-refractivity contribution in [1.29, 1.82) is 0 Å². The molecule has 22 heavy (non-hydrogen) atoms. The average molecular weight is 297 g/mol. The first kappa shape index (κ1) is 14.3. The van der Waals surface area contributed by atoms with E-state index in [-0.39, 0.29) is 5.92 Å². The minimum Gasteiger partial charge on any atom is -0.334 e. The number of hydrogen-bond acceptors (Lipinski definition) is 5. The molecule has 3 rings (SSSR count). The first-order chi connectivity index (χ1) is 10.7. The Morgan fingerprint density at radius 3 is 2.59 bits per heavy atom. The van der Waals surface area contributed by atoms with Gasteiger partial charge in [-0.2, -0.15) is 4.98 Å². The predicted molar refractivity (Wildman–Crippen MR) is 83.5 cm³/mol. The van der Waals surface area contributed by atoms with Crippen LogP contribution in [0.15, 0.2) is 47.5 Å². The quantitative estimate of drug-likeness (QED) is 0.757. The van der Waals surface area contributed by atoms with Crippen LogP contribution >= 0.6 is 0 Å². The van der Waals surface area contributed by atoms with E-state index < -0.39 is 0 Å². The maximum absolute atomic E-state index is 5.16. The van der Waals surface area contributed by atoms with Crippen LogP contribution in [0.1, 0.15) is 36.7 Å². The van der Waals surface area contributed by atoms with Gasteiger partial charge in [-0.25, -0.2) is 4.98 Å². The third-order valence-electron chi connectivity index (χ3n) is 3.35. The zero-order chi connectivity index (χ0) is 15.4. The van der Waals surface area contributed by atoms with Crippen molar-refractivity contribution in [2.24, 2.45) is 0 Å². The Hall–Kier alpha value is -2.63. The molecule has 0 spiro atoms. The third kappa shape index (κ3) is 3.52. The molecule has 114 valence electrons. The Morgan fingerprint density at radius 2 is 1.95 bits per heavy atom. The summed E-state index contributed by atoms with van der Waals surface area (Å²) in [6.45, 7) is 5.56. The molecule has 0 saturated heterocycles. The standard InChI is InChI=1S/C16H19N5O/c1-12(2)15-19-16(22-20-15)18-9-13-3-5-14(6-4-13)10-21-8-7-17-11-21/h3-8,11-12H,9-10H2,1-2H3,(H,18,19,20). The van der Waals surface area contributed by atoms with E-state index in [2.05, 4.69) is 44.7 Å². The van der Waals surface area contributed by atoms with Crippen LogP contribution < -0.4 is 5.32 Å². The van der Waals surface area contributed by atoms with E-state index in [4.69, 9.17) is 4.52 Å². The molecular formula is C16H19N5O. The molecule has 0 aliphatic carbocycles. The number of nitrogens with one attached hydrogen (secondary N) is 1. The van der Waals surface area contributed by atoms with Crippen LogP contribution in [-0.2, 0) is 13.1 Å². The minimum atomic E-state index is 0.266. The highest BCUT2D eigenvalue weighted by Crippen LogP contribution is 2.14. The molecule has 0 saturated carbocycles. The Kier molecular flexibility index (Phi) is 4.18. The summed E-state index contributed by atoms with van der Waals surface area (Å²) < 4.78 is 7.20. The van der Waals surface area contributed by atoms with E-state index in [0.717, 1.165) is 12.4 Å². The van der Waals surface area contributed by atoms with E-state index in [1.54, 1.807) is 6.20 Å². The molecule has 6 nitrogen and oxygen atoms in total. The molecular weight excluding hydrogens is 278 g/mol. The van der Waals surface area contributed by atoms with Crippen molar-refractivity contribution < 1.29 is 4.52 Å². The molecule has 2 heterocycles. The van der Waals surface area contributed by atoms with Crippen LogP contribution in [0.2, 0.25) is 0 Å². The highest BCUT2D eigenvalue weighted by Gasteiger charge is 2.08. The van der Waals surface area contributed by atoms with Gasteiger partial charge in [0, 0.05) is 31.4 Å². The summed E-state index contributed by atoms with van der Waals surface area (Å²) in [6, 6.07) is 8.89. The van der Waals surface area contributed by atoms with E-state index in [0.29, 0.717) is 12.6 Å². The van der Waals surface area contributed by atoms with Gasteiger partial charge in [-0.15, -0.1) is 0 Å². The maximum atomic E-state index is 5.16. The lowest BCUT2D eigenvalue weighted by Gasteiger charge is -2.05. The van der Waals surface area contributed by atoms with Crippen LogP contribution in [0.25, 0.3) is 0 Å². The number of aromatic nitrogens is 4. The summed E-state index contributed by atoms with van der Waals surface area (Å²) in [5.74, 6) is 0.986. The molecule has 0 amide bonds. The molecule has 0 atom stereocenters. The largest absolute Gasteiger partial charge is 0.334 e. The number of hydrogen-bond donors (Lipinski definition) is 1. The van der Waals surface area contributed by atoms with Crippen molar-refractivity contribution in [3.8, 4) is 0 Å². The van der Waals surface area contributed by atoms with Crippen LogP contribution in [0.4, 0.5) is 6.01 Å². The van der Waals surface area contributed by atoms with Gasteiger partial charge in [0.15, 0.2) is 5.82 Å². The number of rotatable bonds is 6. The lowest BCUT2D eigenvalue weighted by molar-refractivity contribution is 0.419. The minimum absolute atomic E-state index is 0.266. The molecule has 1 aromatic carbocycles. The van der Waals surface area contributed by atoms with Crippen molar-refractivity contribution in [3.05, 3.63) is 59.9 Å². The molecule has 0 bridgehead atoms. The zero-order valence-corrected chi connectivity index (χ0v) is 12.7. The SMILES string of the molecule is CC(C)c1noc(NCc2ccc(Cn3ccnc3)cc2)n1. The number of imidazole rings is 1. The van der Waals surface area contributed by atoms with Gasteiger partial charge in [0.25, 0.3) is 0 Å². The smallest absolute Gasteiger partial charge is 0.321 e. The Labute approximate surface area is 129 Å². The first-order valence-electron chi connectivity index (χ1n) is 7.32. The Balaban J connectivity index is 1.56. The average Bonchev–Trinajstić information content (AvgIpc) is 3.18. The van der Waals surface area contributed by atoms with Crippen molar-refractivity contribution >= 4 is 6.01 Å². The second-order valence-corrected chi connectivity index (χ2v) is 5.52. The van der Waals surface area contributed by atoms with E-state index >= 15 is 0 Å². The lowest BCUT2D eigenvalue weighted by Crippen LogP contribution is -2.01. The van der Waals surface area contributed by atoms with Crippen LogP contribution in [0, 0.1) is 0 Å². The molecule has 6 heteroatoms. The second-order valence-electron chi connectivity index (χ2n) is 5.52. The summed E-state index contributed by atoms with van der Waals surface area (Å²) in [7, 11) is 0. The van der Waals surface area contributed by atoms with Gasteiger partial charge in [0.1, 0.15) is 0 Å². The van der Waals surface area contributed by atoms with Crippen molar-refractivity contribution in [1.82, 2.24) is 19.7 Å². The summed E-state index contributed by atoms with van der Waals surface area (Å²) in [5, 5.41) is 7.07. The molecule has 0 radical (unpaired) electrons. The van der Waals surface area contributed by atoms with Crippen molar-refractivity contribution in [2.45, 2.75) is 32.9 Å². The fourth-order valence-corrected chi connectivity index (χ4v) is 2.07. The monoisotopic (exact) mass is 297 g/mol. The van der Waals surface area contributed by atoms with Gasteiger partial charge < -0.3 is 14.4 Å². The van der Waals surface area contributed by atoms with Crippen LogP contribution in [0.3, 0.4) is 0 Å². The van der Waals surface area contributed by atoms with E-state index in [1.807, 2.05) is 30.9 Å². The van der Waals surface area contributed by atoms with Crippen molar-refractivity contribution in [3.63, 3.8) is 0 Å². The third-order valence-corrected chi connectivity index (χ3v) is 3.35. The molecule has 1 N–H and O–H groups in total. The highest BCUT2D eigenvalue weighted by molar-refractivity contribution is 5.27. The molecule has 2 aromatic heterocycles. The van der Waals surface area contributed by atoms with Gasteiger partial charge in [0.05, 0.1) is 6.33 Å². The highest BCUT2D eigenvalue weighted by atomic mass is 16.5. The lowest BCUT2D eigenvalue weighted by atomic mass is 10.1. The van der Waals surface area contributed by atoms with Crippen LogP contribution in [0.5, 0.6) is 0 Å². The fourth-order valence-electron chi connectivity index (χ4n) is 2.07. The summed E-state index contributed by atoms with van der Waals surface area (Å²) in [4.78, 5) is 8.34. The first-order valence-corrected chi connectivity index (χ1v) is 7.32. The topological polar surface area (TPSA) is 68.8 Å². The predicted octanol–water partition coefficient (Wildman–Crippen LogP) is 3.05. The number of benzene rings is 1. The van der Waals surface area contributed by atoms with Gasteiger partial charge in [-0.3, -0.25) is 0 Å². The Morgan fingerprint density at radius 1 is 1.18 bits per heavy atom. The molecule has 0 fully saturated rings. The zero-order valence-electron chi connectivity index (χ0n) is 12.7. The van der Waals surface area contributed by atoms with Gasteiger partial charge in [-0.05, 0) is 11.1 Å². The van der Waals surface area contributed by atoms with Gasteiger partial charge >= 0.3 is 6.01 Å². The molecule has 3 aromatic rings. The second kappa shape index (κ2) is 6.43. The normalized spacial score (nSPS) is 11.0. The van der Waals surface area contributed by atoms with Gasteiger partial charge in [0.2, 0.25) is 0 Å². The fraction of sp³-hybridized carbons (Fsp3) is 0.312.